The van der Waals surface area contributed by atoms with Gasteiger partial charge in [-0.2, -0.15) is 0 Å². The molecule has 0 radical (unpaired) electrons. The lowest BCUT2D eigenvalue weighted by Crippen LogP contribution is -2.21. The molecule has 0 spiro atoms. The van der Waals surface area contributed by atoms with Crippen molar-refractivity contribution >= 4 is 40.5 Å². The number of para-hydroxylation sites is 1. The molecule has 2 aromatic rings. The van der Waals surface area contributed by atoms with Crippen LogP contribution in [0.25, 0.3) is 0 Å². The van der Waals surface area contributed by atoms with Crippen molar-refractivity contribution < 1.29 is 14.3 Å². The summed E-state index contributed by atoms with van der Waals surface area (Å²) in [5.41, 5.74) is 2.17. The lowest BCUT2D eigenvalue weighted by molar-refractivity contribution is -0.118. The molecule has 2 aromatic carbocycles. The van der Waals surface area contributed by atoms with Gasteiger partial charge in [0.15, 0.2) is 12.9 Å². The second-order valence-electron chi connectivity index (χ2n) is 4.45. The number of hydrogen-bond donors (Lipinski definition) is 1. The molecule has 2 rings (SSSR count). The lowest BCUT2D eigenvalue weighted by Gasteiger charge is -2.10. The van der Waals surface area contributed by atoms with Gasteiger partial charge in [0.25, 0.3) is 5.91 Å². The Balaban J connectivity index is 1.97. The second kappa shape index (κ2) is 7.21. The molecule has 0 aliphatic carbocycles. The Labute approximate surface area is 136 Å². The first kappa shape index (κ1) is 15.5. The highest BCUT2D eigenvalue weighted by Gasteiger charge is 2.08. The summed E-state index contributed by atoms with van der Waals surface area (Å²) in [5, 5.41) is 2.79. The Hall–Kier alpha value is -1.89. The van der Waals surface area contributed by atoms with E-state index in [2.05, 4.69) is 27.9 Å². The molecule has 1 amide bonds. The monoisotopic (exact) mass is 395 g/mol. The zero-order valence-corrected chi connectivity index (χ0v) is 13.6. The fraction of sp³-hybridized carbons (Fsp3) is 0.125. The molecule has 0 fully saturated rings. The standard InChI is InChI=1S/C16H14INO3/c1-11-8-13(17)6-7-14(11)18-16(20)10-21-15-5-3-2-4-12(15)9-19/h2-9H,10H2,1H3,(H,18,20). The molecule has 0 aromatic heterocycles. The van der Waals surface area contributed by atoms with Gasteiger partial charge in [-0.15, -0.1) is 0 Å². The zero-order chi connectivity index (χ0) is 15.2. The molecule has 4 nitrogen and oxygen atoms in total. The summed E-state index contributed by atoms with van der Waals surface area (Å²) in [5.74, 6) is 0.141. The largest absolute Gasteiger partial charge is 0.483 e. The molecule has 0 atom stereocenters. The highest BCUT2D eigenvalue weighted by Crippen LogP contribution is 2.18. The summed E-state index contributed by atoms with van der Waals surface area (Å²) in [7, 11) is 0. The lowest BCUT2D eigenvalue weighted by atomic mass is 10.2. The molecular formula is C16H14INO3. The van der Waals surface area contributed by atoms with Gasteiger partial charge < -0.3 is 10.1 Å². The maximum absolute atomic E-state index is 11.9. The normalized spacial score (nSPS) is 10.0. The number of benzene rings is 2. The highest BCUT2D eigenvalue weighted by molar-refractivity contribution is 14.1. The van der Waals surface area contributed by atoms with Crippen LogP contribution in [0.5, 0.6) is 5.75 Å². The van der Waals surface area contributed by atoms with Crippen molar-refractivity contribution in [3.05, 3.63) is 57.2 Å². The van der Waals surface area contributed by atoms with E-state index in [4.69, 9.17) is 4.74 Å². The Bertz CT molecular complexity index is 670. The molecule has 0 saturated heterocycles. The summed E-state index contributed by atoms with van der Waals surface area (Å²) in [4.78, 5) is 22.8. The Morgan fingerprint density at radius 2 is 2.05 bits per heavy atom. The average Bonchev–Trinajstić information content (AvgIpc) is 2.48. The van der Waals surface area contributed by atoms with Crippen LogP contribution in [-0.4, -0.2) is 18.8 Å². The molecular weight excluding hydrogens is 381 g/mol. The van der Waals surface area contributed by atoms with Crippen LogP contribution in [-0.2, 0) is 4.79 Å². The van der Waals surface area contributed by atoms with E-state index in [0.29, 0.717) is 17.6 Å². The first-order valence-corrected chi connectivity index (χ1v) is 7.41. The van der Waals surface area contributed by atoms with E-state index in [1.165, 1.54) is 0 Å². The average molecular weight is 395 g/mol. The van der Waals surface area contributed by atoms with Crippen LogP contribution in [0.1, 0.15) is 15.9 Å². The molecule has 0 bridgehead atoms. The first-order chi connectivity index (χ1) is 10.1. The topological polar surface area (TPSA) is 55.4 Å². The van der Waals surface area contributed by atoms with Crippen molar-refractivity contribution in [2.75, 3.05) is 11.9 Å². The number of anilines is 1. The van der Waals surface area contributed by atoms with Crippen LogP contribution < -0.4 is 10.1 Å². The van der Waals surface area contributed by atoms with E-state index in [1.807, 2.05) is 25.1 Å². The van der Waals surface area contributed by atoms with Crippen molar-refractivity contribution in [1.82, 2.24) is 0 Å². The predicted octanol–water partition coefficient (Wildman–Crippen LogP) is 3.43. The fourth-order valence-electron chi connectivity index (χ4n) is 1.81. The number of aryl methyl sites for hydroxylation is 1. The van der Waals surface area contributed by atoms with Crippen LogP contribution in [0, 0.1) is 10.5 Å². The highest BCUT2D eigenvalue weighted by atomic mass is 127. The van der Waals surface area contributed by atoms with Gasteiger partial charge in [-0.05, 0) is 65.4 Å². The molecule has 0 aliphatic rings. The van der Waals surface area contributed by atoms with E-state index >= 15 is 0 Å². The van der Waals surface area contributed by atoms with E-state index < -0.39 is 0 Å². The van der Waals surface area contributed by atoms with Gasteiger partial charge in [0.1, 0.15) is 5.75 Å². The van der Waals surface area contributed by atoms with E-state index in [0.717, 1.165) is 14.8 Å². The molecule has 0 aliphatic heterocycles. The SMILES string of the molecule is Cc1cc(I)ccc1NC(=O)COc1ccccc1C=O. The smallest absolute Gasteiger partial charge is 0.262 e. The maximum Gasteiger partial charge on any atom is 0.262 e. The van der Waals surface area contributed by atoms with Crippen LogP contribution in [0.3, 0.4) is 0 Å². The molecule has 1 N–H and O–H groups in total. The molecule has 0 heterocycles. The molecule has 5 heteroatoms. The molecule has 0 saturated carbocycles. The fourth-order valence-corrected chi connectivity index (χ4v) is 2.45. The third-order valence-electron chi connectivity index (χ3n) is 2.87. The van der Waals surface area contributed by atoms with Crippen molar-refractivity contribution in [2.24, 2.45) is 0 Å². The number of carbonyl (C=O) groups is 2. The summed E-state index contributed by atoms with van der Waals surface area (Å²) >= 11 is 2.22. The van der Waals surface area contributed by atoms with Crippen LogP contribution in [0.15, 0.2) is 42.5 Å². The quantitative estimate of drug-likeness (QED) is 0.624. The molecule has 108 valence electrons. The number of carbonyl (C=O) groups excluding carboxylic acids is 2. The summed E-state index contributed by atoms with van der Waals surface area (Å²) < 4.78 is 6.49. The van der Waals surface area contributed by atoms with E-state index in [1.54, 1.807) is 24.3 Å². The first-order valence-electron chi connectivity index (χ1n) is 6.33. The summed E-state index contributed by atoms with van der Waals surface area (Å²) in [6, 6.07) is 12.6. The van der Waals surface area contributed by atoms with Gasteiger partial charge in [-0.25, -0.2) is 0 Å². The number of aldehydes is 1. The van der Waals surface area contributed by atoms with Gasteiger partial charge in [-0.1, -0.05) is 12.1 Å². The minimum absolute atomic E-state index is 0.143. The van der Waals surface area contributed by atoms with Crippen LogP contribution >= 0.6 is 22.6 Å². The third-order valence-corrected chi connectivity index (χ3v) is 3.54. The maximum atomic E-state index is 11.9. The van der Waals surface area contributed by atoms with Crippen molar-refractivity contribution in [3.8, 4) is 5.75 Å². The third kappa shape index (κ3) is 4.29. The van der Waals surface area contributed by atoms with Crippen molar-refractivity contribution in [1.29, 1.82) is 0 Å². The van der Waals surface area contributed by atoms with Gasteiger partial charge in [0.2, 0.25) is 0 Å². The van der Waals surface area contributed by atoms with E-state index in [-0.39, 0.29) is 12.5 Å². The molecule has 21 heavy (non-hydrogen) atoms. The van der Waals surface area contributed by atoms with Gasteiger partial charge in [0.05, 0.1) is 5.56 Å². The van der Waals surface area contributed by atoms with Crippen LogP contribution in [0.2, 0.25) is 0 Å². The number of amides is 1. The summed E-state index contributed by atoms with van der Waals surface area (Å²) in [6.45, 7) is 1.79. The number of ether oxygens (including phenoxy) is 1. The number of hydrogen-bond acceptors (Lipinski definition) is 3. The predicted molar refractivity (Wildman–Crippen MR) is 89.9 cm³/mol. The minimum atomic E-state index is -0.264. The minimum Gasteiger partial charge on any atom is -0.483 e. The van der Waals surface area contributed by atoms with Gasteiger partial charge in [-0.3, -0.25) is 9.59 Å². The van der Waals surface area contributed by atoms with E-state index in [9.17, 15) is 9.59 Å². The summed E-state index contributed by atoms with van der Waals surface area (Å²) in [6.07, 6.45) is 0.705. The Kier molecular flexibility index (Phi) is 5.32. The Morgan fingerprint density at radius 3 is 2.76 bits per heavy atom. The van der Waals surface area contributed by atoms with Crippen LogP contribution in [0.4, 0.5) is 5.69 Å². The van der Waals surface area contributed by atoms with Gasteiger partial charge in [0, 0.05) is 9.26 Å². The zero-order valence-electron chi connectivity index (χ0n) is 11.4. The second-order valence-corrected chi connectivity index (χ2v) is 5.70. The number of halogens is 1. The van der Waals surface area contributed by atoms with Crippen molar-refractivity contribution in [2.45, 2.75) is 6.92 Å². The number of nitrogens with one attached hydrogen (secondary N) is 1. The number of rotatable bonds is 5. The molecule has 0 unspecified atom stereocenters. The Morgan fingerprint density at radius 1 is 1.29 bits per heavy atom. The van der Waals surface area contributed by atoms with Crippen molar-refractivity contribution in [3.63, 3.8) is 0 Å². The van der Waals surface area contributed by atoms with Gasteiger partial charge >= 0.3 is 0 Å².